The molecular formula is C13H7BrN4O2. The topological polar surface area (TPSA) is 127 Å². The molecule has 0 spiro atoms. The Bertz CT molecular complexity index is 843. The van der Waals surface area contributed by atoms with Crippen LogP contribution >= 0.6 is 15.9 Å². The zero-order chi connectivity index (χ0) is 14.9. The zero-order valence-electron chi connectivity index (χ0n) is 9.94. The van der Waals surface area contributed by atoms with Gasteiger partial charge in [0.2, 0.25) is 0 Å². The molecule has 7 heteroatoms. The van der Waals surface area contributed by atoms with Gasteiger partial charge in [0.1, 0.15) is 34.8 Å². The van der Waals surface area contributed by atoms with Crippen molar-refractivity contribution >= 4 is 21.7 Å². The van der Waals surface area contributed by atoms with E-state index in [-0.39, 0.29) is 28.3 Å². The van der Waals surface area contributed by atoms with E-state index in [0.717, 1.165) is 0 Å². The maximum Gasteiger partial charge on any atom is 0.268 e. The molecule has 0 radical (unpaired) electrons. The van der Waals surface area contributed by atoms with Crippen LogP contribution in [0.15, 0.2) is 27.5 Å². The van der Waals surface area contributed by atoms with Gasteiger partial charge in [-0.3, -0.25) is 4.79 Å². The Morgan fingerprint density at radius 3 is 2.45 bits per heavy atom. The molecule has 0 saturated heterocycles. The maximum atomic E-state index is 11.8. The number of nitrogens with one attached hydrogen (secondary N) is 1. The molecule has 1 aromatic heterocycles. The maximum absolute atomic E-state index is 11.8. The van der Waals surface area contributed by atoms with Crippen LogP contribution < -0.4 is 11.3 Å². The van der Waals surface area contributed by atoms with Crippen LogP contribution in [0.25, 0.3) is 11.1 Å². The number of nitrogens with zero attached hydrogens (tertiary/aromatic N) is 2. The van der Waals surface area contributed by atoms with Crippen LogP contribution in [0, 0.1) is 22.7 Å². The summed E-state index contributed by atoms with van der Waals surface area (Å²) in [6, 6.07) is 8.03. The third-order valence-corrected chi connectivity index (χ3v) is 3.34. The van der Waals surface area contributed by atoms with Gasteiger partial charge in [-0.2, -0.15) is 10.5 Å². The predicted molar refractivity (Wildman–Crippen MR) is 75.7 cm³/mol. The van der Waals surface area contributed by atoms with Crippen molar-refractivity contribution in [3.05, 3.63) is 44.2 Å². The number of benzene rings is 1. The minimum atomic E-state index is -0.664. The van der Waals surface area contributed by atoms with E-state index in [4.69, 9.17) is 11.0 Å². The lowest BCUT2D eigenvalue weighted by atomic mass is 9.97. The standard InChI is InChI=1S/C13H7BrN4O2/c14-9-3-6(1-2-10(9)19)11-7(4-15)12(17)18-13(20)8(11)5-16/h1-3,19H,(H3,17,18,20). The number of anilines is 1. The number of nitrogen functional groups attached to an aromatic ring is 1. The van der Waals surface area contributed by atoms with Crippen molar-refractivity contribution in [2.24, 2.45) is 0 Å². The van der Waals surface area contributed by atoms with Gasteiger partial charge in [-0.25, -0.2) is 0 Å². The molecule has 98 valence electrons. The summed E-state index contributed by atoms with van der Waals surface area (Å²) in [7, 11) is 0. The monoisotopic (exact) mass is 330 g/mol. The molecule has 2 aromatic rings. The van der Waals surface area contributed by atoms with E-state index in [9.17, 15) is 15.2 Å². The molecule has 0 amide bonds. The Labute approximate surface area is 121 Å². The van der Waals surface area contributed by atoms with Gasteiger partial charge >= 0.3 is 0 Å². The van der Waals surface area contributed by atoms with Crippen LogP contribution in [0.1, 0.15) is 11.1 Å². The molecule has 0 fully saturated rings. The highest BCUT2D eigenvalue weighted by Gasteiger charge is 2.18. The summed E-state index contributed by atoms with van der Waals surface area (Å²) in [6.45, 7) is 0. The van der Waals surface area contributed by atoms with E-state index in [1.165, 1.54) is 18.2 Å². The Morgan fingerprint density at radius 2 is 1.90 bits per heavy atom. The molecule has 6 nitrogen and oxygen atoms in total. The summed E-state index contributed by atoms with van der Waals surface area (Å²) >= 11 is 3.14. The number of H-pyrrole nitrogens is 1. The molecule has 0 unspecified atom stereocenters. The van der Waals surface area contributed by atoms with Crippen LogP contribution in [-0.4, -0.2) is 10.1 Å². The molecule has 0 aliphatic rings. The number of hydrogen-bond donors (Lipinski definition) is 3. The molecule has 2 rings (SSSR count). The number of nitrogens with two attached hydrogens (primary N) is 1. The second-order valence-corrected chi connectivity index (χ2v) is 4.74. The average molecular weight is 331 g/mol. The Kier molecular flexibility index (Phi) is 3.47. The van der Waals surface area contributed by atoms with E-state index >= 15 is 0 Å². The molecule has 0 atom stereocenters. The summed E-state index contributed by atoms with van der Waals surface area (Å²) in [5, 5.41) is 27.8. The fraction of sp³-hybridized carbons (Fsp3) is 0. The van der Waals surface area contributed by atoms with Gasteiger partial charge < -0.3 is 15.8 Å². The van der Waals surface area contributed by atoms with Gasteiger partial charge in [0.25, 0.3) is 5.56 Å². The molecule has 4 N–H and O–H groups in total. The first kappa shape index (κ1) is 13.7. The highest BCUT2D eigenvalue weighted by molar-refractivity contribution is 9.10. The molecular weight excluding hydrogens is 324 g/mol. The number of pyridine rings is 1. The quantitative estimate of drug-likeness (QED) is 0.735. The van der Waals surface area contributed by atoms with E-state index in [2.05, 4.69) is 20.9 Å². The number of phenolic OH excluding ortho intramolecular Hbond substituents is 1. The lowest BCUT2D eigenvalue weighted by Crippen LogP contribution is -2.16. The van der Waals surface area contributed by atoms with E-state index < -0.39 is 5.56 Å². The molecule has 1 heterocycles. The summed E-state index contributed by atoms with van der Waals surface area (Å²) in [5.74, 6) is -0.0979. The normalized spacial score (nSPS) is 9.75. The lowest BCUT2D eigenvalue weighted by molar-refractivity contribution is 0.472. The fourth-order valence-corrected chi connectivity index (χ4v) is 2.17. The summed E-state index contributed by atoms with van der Waals surface area (Å²) in [4.78, 5) is 14.0. The van der Waals surface area contributed by atoms with Crippen molar-refractivity contribution < 1.29 is 5.11 Å². The summed E-state index contributed by atoms with van der Waals surface area (Å²) < 4.78 is 0.377. The smallest absolute Gasteiger partial charge is 0.268 e. The van der Waals surface area contributed by atoms with Gasteiger partial charge in [-0.05, 0) is 33.6 Å². The third-order valence-electron chi connectivity index (χ3n) is 2.70. The molecule has 0 aliphatic carbocycles. The Hall–Kier alpha value is -2.77. The number of aromatic nitrogens is 1. The summed E-state index contributed by atoms with van der Waals surface area (Å²) in [6.07, 6.45) is 0. The molecule has 20 heavy (non-hydrogen) atoms. The first-order valence-electron chi connectivity index (χ1n) is 5.34. The minimum absolute atomic E-state index is 0.00331. The SMILES string of the molecule is N#Cc1c(N)[nH]c(=O)c(C#N)c1-c1ccc(O)c(Br)c1. The van der Waals surface area contributed by atoms with Gasteiger partial charge in [-0.1, -0.05) is 6.07 Å². The van der Waals surface area contributed by atoms with E-state index in [0.29, 0.717) is 10.0 Å². The fourth-order valence-electron chi connectivity index (χ4n) is 1.79. The number of hydrogen-bond acceptors (Lipinski definition) is 5. The van der Waals surface area contributed by atoms with Crippen molar-refractivity contribution in [2.75, 3.05) is 5.73 Å². The van der Waals surface area contributed by atoms with Gasteiger partial charge in [-0.15, -0.1) is 0 Å². The molecule has 1 aromatic carbocycles. The van der Waals surface area contributed by atoms with Crippen LogP contribution in [0.3, 0.4) is 0 Å². The van der Waals surface area contributed by atoms with Crippen molar-refractivity contribution in [3.63, 3.8) is 0 Å². The second-order valence-electron chi connectivity index (χ2n) is 3.88. The van der Waals surface area contributed by atoms with Crippen LogP contribution in [0.2, 0.25) is 0 Å². The first-order valence-corrected chi connectivity index (χ1v) is 6.13. The van der Waals surface area contributed by atoms with Crippen molar-refractivity contribution in [1.82, 2.24) is 4.98 Å². The van der Waals surface area contributed by atoms with Gasteiger partial charge in [0.15, 0.2) is 0 Å². The van der Waals surface area contributed by atoms with Crippen molar-refractivity contribution in [3.8, 4) is 29.0 Å². The number of phenols is 1. The van der Waals surface area contributed by atoms with Crippen LogP contribution in [0.5, 0.6) is 5.75 Å². The van der Waals surface area contributed by atoms with Crippen molar-refractivity contribution in [1.29, 1.82) is 10.5 Å². The number of nitriles is 2. The van der Waals surface area contributed by atoms with Crippen LogP contribution in [0.4, 0.5) is 5.82 Å². The minimum Gasteiger partial charge on any atom is -0.507 e. The Balaban J connectivity index is 2.92. The number of aromatic hydroxyl groups is 1. The first-order chi connectivity index (χ1) is 9.49. The number of aromatic amines is 1. The second kappa shape index (κ2) is 5.08. The van der Waals surface area contributed by atoms with E-state index in [1.54, 1.807) is 6.07 Å². The van der Waals surface area contributed by atoms with Gasteiger partial charge in [0.05, 0.1) is 4.47 Å². The largest absolute Gasteiger partial charge is 0.507 e. The zero-order valence-corrected chi connectivity index (χ0v) is 11.5. The molecule has 0 bridgehead atoms. The number of rotatable bonds is 1. The van der Waals surface area contributed by atoms with Crippen molar-refractivity contribution in [2.45, 2.75) is 0 Å². The average Bonchev–Trinajstić information content (AvgIpc) is 2.41. The highest BCUT2D eigenvalue weighted by atomic mass is 79.9. The number of halogens is 1. The Morgan fingerprint density at radius 1 is 1.25 bits per heavy atom. The third kappa shape index (κ3) is 2.11. The molecule has 0 aliphatic heterocycles. The predicted octanol–water partition coefficient (Wildman–Crippen LogP) is 1.84. The lowest BCUT2D eigenvalue weighted by Gasteiger charge is -2.09. The summed E-state index contributed by atoms with van der Waals surface area (Å²) in [5.41, 5.74) is 5.34. The van der Waals surface area contributed by atoms with Gasteiger partial charge in [0, 0.05) is 5.56 Å². The van der Waals surface area contributed by atoms with Crippen LogP contribution in [-0.2, 0) is 0 Å². The highest BCUT2D eigenvalue weighted by Crippen LogP contribution is 2.33. The molecule has 0 saturated carbocycles. The van der Waals surface area contributed by atoms with E-state index in [1.807, 2.05) is 6.07 Å².